The van der Waals surface area contributed by atoms with Crippen LogP contribution in [0.1, 0.15) is 39.4 Å². The summed E-state index contributed by atoms with van der Waals surface area (Å²) in [6, 6.07) is -0.0366. The minimum Gasteiger partial charge on any atom is -0.444 e. The highest BCUT2D eigenvalue weighted by atomic mass is 79.9. The van der Waals surface area contributed by atoms with E-state index in [0.29, 0.717) is 13.1 Å². The Kier molecular flexibility index (Phi) is 3.40. The second kappa shape index (κ2) is 4.57. The minimum atomic E-state index is -0.467. The monoisotopic (exact) mass is 315 g/mol. The number of carbonyl (C=O) groups excluding carboxylic acids is 1. The number of hydrogen-bond acceptors (Lipinski definition) is 3. The lowest BCUT2D eigenvalue weighted by Gasteiger charge is -2.35. The van der Waals surface area contributed by atoms with Gasteiger partial charge in [0.25, 0.3) is 0 Å². The molecule has 5 nitrogen and oxygen atoms in total. The van der Waals surface area contributed by atoms with Crippen molar-refractivity contribution < 1.29 is 9.53 Å². The third-order valence-electron chi connectivity index (χ3n) is 2.88. The molecule has 6 heteroatoms. The molecule has 1 amide bonds. The van der Waals surface area contributed by atoms with E-state index in [4.69, 9.17) is 4.74 Å². The molecule has 1 aliphatic heterocycles. The lowest BCUT2D eigenvalue weighted by Crippen LogP contribution is -2.43. The summed E-state index contributed by atoms with van der Waals surface area (Å²) in [6.45, 7) is 8.93. The molecule has 0 aliphatic carbocycles. The molecule has 0 aromatic carbocycles. The topological polar surface area (TPSA) is 47.4 Å². The molecule has 2 rings (SSSR count). The van der Waals surface area contributed by atoms with E-state index in [1.807, 2.05) is 32.4 Å². The molecule has 0 N–H and O–H groups in total. The van der Waals surface area contributed by atoms with Gasteiger partial charge >= 0.3 is 6.09 Å². The normalized spacial score (nSPS) is 19.6. The maximum absolute atomic E-state index is 12.1. The molecule has 1 aromatic rings. The van der Waals surface area contributed by atoms with Crippen LogP contribution >= 0.6 is 15.9 Å². The van der Waals surface area contributed by atoms with Crippen LogP contribution in [0.4, 0.5) is 4.79 Å². The van der Waals surface area contributed by atoms with E-state index in [1.54, 1.807) is 11.1 Å². The molecule has 18 heavy (non-hydrogen) atoms. The van der Waals surface area contributed by atoms with Crippen LogP contribution in [0, 0.1) is 0 Å². The number of nitrogens with zero attached hydrogens (tertiary/aromatic N) is 3. The summed E-state index contributed by atoms with van der Waals surface area (Å²) in [4.78, 5) is 13.9. The Morgan fingerprint density at radius 2 is 2.17 bits per heavy atom. The SMILES string of the molecule is C[C@@H]1c2c(Br)cnn2CCN1C(=O)OC(C)(C)C. The van der Waals surface area contributed by atoms with Crippen LogP contribution in [-0.2, 0) is 11.3 Å². The fraction of sp³-hybridized carbons (Fsp3) is 0.667. The number of rotatable bonds is 0. The highest BCUT2D eigenvalue weighted by Crippen LogP contribution is 2.31. The van der Waals surface area contributed by atoms with E-state index in [9.17, 15) is 4.79 Å². The van der Waals surface area contributed by atoms with Gasteiger partial charge in [0.1, 0.15) is 5.60 Å². The Morgan fingerprint density at radius 1 is 1.50 bits per heavy atom. The van der Waals surface area contributed by atoms with Gasteiger partial charge in [-0.2, -0.15) is 5.10 Å². The predicted molar refractivity (Wildman–Crippen MR) is 71.3 cm³/mol. The molecule has 0 saturated carbocycles. The molecular weight excluding hydrogens is 298 g/mol. The first-order valence-corrected chi connectivity index (χ1v) is 6.80. The third kappa shape index (κ3) is 2.53. The van der Waals surface area contributed by atoms with Gasteiger partial charge in [0.15, 0.2) is 0 Å². The first-order valence-electron chi connectivity index (χ1n) is 6.00. The van der Waals surface area contributed by atoms with Crippen molar-refractivity contribution in [1.29, 1.82) is 0 Å². The van der Waals surface area contributed by atoms with Crippen molar-refractivity contribution in [2.75, 3.05) is 6.54 Å². The minimum absolute atomic E-state index is 0.0366. The summed E-state index contributed by atoms with van der Waals surface area (Å²) in [7, 11) is 0. The number of aromatic nitrogens is 2. The summed E-state index contributed by atoms with van der Waals surface area (Å²) in [5.41, 5.74) is 0.554. The molecule has 1 aromatic heterocycles. The van der Waals surface area contributed by atoms with Gasteiger partial charge in [-0.15, -0.1) is 0 Å². The summed E-state index contributed by atoms with van der Waals surface area (Å²) >= 11 is 3.47. The first kappa shape index (κ1) is 13.4. The molecule has 1 atom stereocenters. The zero-order chi connectivity index (χ0) is 13.5. The van der Waals surface area contributed by atoms with Crippen LogP contribution in [0.25, 0.3) is 0 Å². The zero-order valence-electron chi connectivity index (χ0n) is 11.1. The molecule has 0 saturated heterocycles. The Labute approximate surface area is 115 Å². The van der Waals surface area contributed by atoms with Gasteiger partial charge in [0.05, 0.1) is 29.0 Å². The van der Waals surface area contributed by atoms with E-state index in [-0.39, 0.29) is 12.1 Å². The second-order valence-electron chi connectivity index (χ2n) is 5.45. The summed E-state index contributed by atoms with van der Waals surface area (Å²) < 4.78 is 8.28. The molecule has 0 bridgehead atoms. The quantitative estimate of drug-likeness (QED) is 0.739. The van der Waals surface area contributed by atoms with E-state index < -0.39 is 5.60 Å². The number of hydrogen-bond donors (Lipinski definition) is 0. The lowest BCUT2D eigenvalue weighted by atomic mass is 10.1. The molecule has 1 aliphatic rings. The zero-order valence-corrected chi connectivity index (χ0v) is 12.7. The fourth-order valence-electron chi connectivity index (χ4n) is 2.08. The number of ether oxygens (including phenoxy) is 1. The second-order valence-corrected chi connectivity index (χ2v) is 6.30. The van der Waals surface area contributed by atoms with Gasteiger partial charge in [-0.1, -0.05) is 0 Å². The largest absolute Gasteiger partial charge is 0.444 e. The van der Waals surface area contributed by atoms with Gasteiger partial charge in [0, 0.05) is 6.54 Å². The van der Waals surface area contributed by atoms with Crippen molar-refractivity contribution in [2.45, 2.75) is 45.9 Å². The van der Waals surface area contributed by atoms with Crippen LogP contribution < -0.4 is 0 Å². The number of fused-ring (bicyclic) bond motifs is 1. The number of halogens is 1. The molecule has 2 heterocycles. The van der Waals surface area contributed by atoms with Gasteiger partial charge in [-0.3, -0.25) is 9.58 Å². The van der Waals surface area contributed by atoms with E-state index in [1.165, 1.54) is 0 Å². The van der Waals surface area contributed by atoms with E-state index >= 15 is 0 Å². The average Bonchev–Trinajstić information content (AvgIpc) is 2.58. The summed E-state index contributed by atoms with van der Waals surface area (Å²) in [5, 5.41) is 4.27. The first-order chi connectivity index (χ1) is 8.29. The maximum atomic E-state index is 12.1. The molecule has 100 valence electrons. The van der Waals surface area contributed by atoms with Crippen LogP contribution in [0.3, 0.4) is 0 Å². The van der Waals surface area contributed by atoms with Crippen molar-refractivity contribution in [3.8, 4) is 0 Å². The van der Waals surface area contributed by atoms with Crippen molar-refractivity contribution >= 4 is 22.0 Å². The van der Waals surface area contributed by atoms with Gasteiger partial charge in [-0.05, 0) is 43.6 Å². The van der Waals surface area contributed by atoms with Crippen molar-refractivity contribution in [3.05, 3.63) is 16.4 Å². The smallest absolute Gasteiger partial charge is 0.410 e. The predicted octanol–water partition coefficient (Wildman–Crippen LogP) is 2.96. The highest BCUT2D eigenvalue weighted by Gasteiger charge is 2.32. The molecule has 0 radical (unpaired) electrons. The highest BCUT2D eigenvalue weighted by molar-refractivity contribution is 9.10. The molecule has 0 unspecified atom stereocenters. The van der Waals surface area contributed by atoms with Crippen LogP contribution in [0.2, 0.25) is 0 Å². The molecule has 0 spiro atoms. The summed E-state index contributed by atoms with van der Waals surface area (Å²) in [5.74, 6) is 0. The van der Waals surface area contributed by atoms with E-state index in [2.05, 4.69) is 21.0 Å². The standard InChI is InChI=1S/C12H18BrN3O2/c1-8-10-9(13)7-14-16(10)6-5-15(8)11(17)18-12(2,3)4/h7-8H,5-6H2,1-4H3/t8-/m1/s1. The van der Waals surface area contributed by atoms with Crippen LogP contribution in [0.5, 0.6) is 0 Å². The number of amides is 1. The van der Waals surface area contributed by atoms with Gasteiger partial charge < -0.3 is 4.74 Å². The Balaban J connectivity index is 2.19. The van der Waals surface area contributed by atoms with E-state index in [0.717, 1.165) is 10.2 Å². The Morgan fingerprint density at radius 3 is 2.78 bits per heavy atom. The van der Waals surface area contributed by atoms with Gasteiger partial charge in [-0.25, -0.2) is 4.79 Å². The maximum Gasteiger partial charge on any atom is 0.410 e. The van der Waals surface area contributed by atoms with Crippen molar-refractivity contribution in [3.63, 3.8) is 0 Å². The average molecular weight is 316 g/mol. The van der Waals surface area contributed by atoms with Crippen LogP contribution in [-0.4, -0.2) is 32.9 Å². The Hall–Kier alpha value is -1.04. The third-order valence-corrected chi connectivity index (χ3v) is 3.49. The van der Waals surface area contributed by atoms with Crippen molar-refractivity contribution in [2.24, 2.45) is 0 Å². The molecular formula is C12H18BrN3O2. The van der Waals surface area contributed by atoms with Crippen LogP contribution in [0.15, 0.2) is 10.7 Å². The summed E-state index contributed by atoms with van der Waals surface area (Å²) in [6.07, 6.45) is 1.50. The molecule has 0 fully saturated rings. The van der Waals surface area contributed by atoms with Gasteiger partial charge in [0.2, 0.25) is 0 Å². The number of carbonyl (C=O) groups is 1. The Bertz CT molecular complexity index is 464. The fourth-order valence-corrected chi connectivity index (χ4v) is 2.71. The lowest BCUT2D eigenvalue weighted by molar-refractivity contribution is 0.0119. The van der Waals surface area contributed by atoms with Crippen molar-refractivity contribution in [1.82, 2.24) is 14.7 Å².